The number of hydrogen-bond donors (Lipinski definition) is 2. The fourth-order valence-corrected chi connectivity index (χ4v) is 1.03. The Hall–Kier alpha value is -1.42. The van der Waals surface area contributed by atoms with Gasteiger partial charge in [0.2, 0.25) is 0 Å². The van der Waals surface area contributed by atoms with Gasteiger partial charge in [0, 0.05) is 6.07 Å². The Bertz CT molecular complexity index is 323. The number of nitrogens with zero attached hydrogens (tertiary/aromatic N) is 1. The Kier molecular flexibility index (Phi) is 4.07. The first kappa shape index (κ1) is 10.7. The van der Waals surface area contributed by atoms with Crippen LogP contribution in [0.5, 0.6) is 0 Å². The second kappa shape index (κ2) is 5.34. The molecular weight excluding hydrogens is 181 g/mol. The second-order valence-electron chi connectivity index (χ2n) is 2.92. The first-order chi connectivity index (χ1) is 6.74. The summed E-state index contributed by atoms with van der Waals surface area (Å²) in [4.78, 5) is 3.87. The maximum absolute atomic E-state index is 12.6. The van der Waals surface area contributed by atoms with Crippen molar-refractivity contribution >= 4 is 11.8 Å². The molecule has 0 unspecified atom stereocenters. The van der Waals surface area contributed by atoms with Crippen molar-refractivity contribution < 1.29 is 4.39 Å². The van der Waals surface area contributed by atoms with Crippen LogP contribution >= 0.6 is 0 Å². The molecule has 0 radical (unpaired) electrons. The normalized spacial score (nSPS) is 11.0. The van der Waals surface area contributed by atoms with E-state index < -0.39 is 5.82 Å². The van der Waals surface area contributed by atoms with Gasteiger partial charge in [0.05, 0.1) is 17.6 Å². The highest BCUT2D eigenvalue weighted by molar-refractivity contribution is 5.60. The lowest BCUT2D eigenvalue weighted by atomic mass is 10.2. The van der Waals surface area contributed by atoms with Gasteiger partial charge >= 0.3 is 0 Å². The maximum atomic E-state index is 12.6. The van der Waals surface area contributed by atoms with E-state index in [0.717, 1.165) is 19.2 Å². The fraction of sp³-hybridized carbons (Fsp3) is 0.300. The van der Waals surface area contributed by atoms with Gasteiger partial charge in [-0.3, -0.25) is 4.98 Å². The third kappa shape index (κ3) is 3.14. The molecule has 0 bridgehead atoms. The smallest absolute Gasteiger partial charge is 0.143 e. The van der Waals surface area contributed by atoms with Crippen molar-refractivity contribution in [2.24, 2.45) is 0 Å². The van der Waals surface area contributed by atoms with Crippen molar-refractivity contribution in [3.05, 3.63) is 29.9 Å². The lowest BCUT2D eigenvalue weighted by Gasteiger charge is -1.98. The molecule has 1 rings (SSSR count). The van der Waals surface area contributed by atoms with E-state index in [9.17, 15) is 4.39 Å². The van der Waals surface area contributed by atoms with Gasteiger partial charge in [0.15, 0.2) is 0 Å². The zero-order chi connectivity index (χ0) is 10.4. The van der Waals surface area contributed by atoms with Crippen molar-refractivity contribution in [2.45, 2.75) is 6.42 Å². The number of halogens is 1. The van der Waals surface area contributed by atoms with E-state index in [0.29, 0.717) is 11.4 Å². The quantitative estimate of drug-likeness (QED) is 0.714. The van der Waals surface area contributed by atoms with E-state index in [2.05, 4.69) is 10.3 Å². The largest absolute Gasteiger partial charge is 0.397 e. The summed E-state index contributed by atoms with van der Waals surface area (Å²) in [5.74, 6) is -0.408. The monoisotopic (exact) mass is 195 g/mol. The summed E-state index contributed by atoms with van der Waals surface area (Å²) in [7, 11) is 1.89. The van der Waals surface area contributed by atoms with Crippen molar-refractivity contribution in [1.29, 1.82) is 0 Å². The SMILES string of the molecule is CNCCC=Cc1ncc(F)cc1N. The minimum atomic E-state index is -0.408. The van der Waals surface area contributed by atoms with Gasteiger partial charge in [-0.05, 0) is 26.1 Å². The topological polar surface area (TPSA) is 50.9 Å². The minimum Gasteiger partial charge on any atom is -0.397 e. The number of aromatic nitrogens is 1. The van der Waals surface area contributed by atoms with Crippen LogP contribution in [0.25, 0.3) is 6.08 Å². The Morgan fingerprint density at radius 1 is 1.64 bits per heavy atom. The third-order valence-electron chi connectivity index (χ3n) is 1.75. The molecule has 0 saturated heterocycles. The lowest BCUT2D eigenvalue weighted by Crippen LogP contribution is -2.05. The zero-order valence-electron chi connectivity index (χ0n) is 8.13. The van der Waals surface area contributed by atoms with Gasteiger partial charge in [-0.15, -0.1) is 0 Å². The molecule has 0 atom stereocenters. The third-order valence-corrected chi connectivity index (χ3v) is 1.75. The van der Waals surface area contributed by atoms with Crippen LogP contribution in [-0.4, -0.2) is 18.6 Å². The molecule has 0 amide bonds. The number of pyridine rings is 1. The van der Waals surface area contributed by atoms with E-state index in [1.54, 1.807) is 6.08 Å². The van der Waals surface area contributed by atoms with Gasteiger partial charge in [0.25, 0.3) is 0 Å². The molecule has 3 N–H and O–H groups in total. The molecule has 0 aliphatic heterocycles. The molecule has 14 heavy (non-hydrogen) atoms. The first-order valence-corrected chi connectivity index (χ1v) is 4.46. The summed E-state index contributed by atoms with van der Waals surface area (Å²) in [6.45, 7) is 0.900. The number of nitrogen functional groups attached to an aromatic ring is 1. The van der Waals surface area contributed by atoms with E-state index in [1.807, 2.05) is 13.1 Å². The molecule has 0 aromatic carbocycles. The Labute approximate surface area is 82.8 Å². The van der Waals surface area contributed by atoms with Crippen molar-refractivity contribution in [1.82, 2.24) is 10.3 Å². The van der Waals surface area contributed by atoms with Crippen molar-refractivity contribution in [2.75, 3.05) is 19.3 Å². The molecule has 76 valence electrons. The molecular formula is C10H14FN3. The molecule has 0 saturated carbocycles. The van der Waals surface area contributed by atoms with Gasteiger partial charge in [-0.25, -0.2) is 4.39 Å². The van der Waals surface area contributed by atoms with Crippen LogP contribution in [-0.2, 0) is 0 Å². The summed E-state index contributed by atoms with van der Waals surface area (Å²) in [6, 6.07) is 1.27. The van der Waals surface area contributed by atoms with Crippen LogP contribution in [0.1, 0.15) is 12.1 Å². The van der Waals surface area contributed by atoms with Crippen LogP contribution in [0.4, 0.5) is 10.1 Å². The summed E-state index contributed by atoms with van der Waals surface area (Å²) < 4.78 is 12.6. The molecule has 4 heteroatoms. The highest BCUT2D eigenvalue weighted by atomic mass is 19.1. The maximum Gasteiger partial charge on any atom is 0.143 e. The van der Waals surface area contributed by atoms with Gasteiger partial charge < -0.3 is 11.1 Å². The Balaban J connectivity index is 2.62. The van der Waals surface area contributed by atoms with Crippen LogP contribution in [0.15, 0.2) is 18.3 Å². The van der Waals surface area contributed by atoms with E-state index in [-0.39, 0.29) is 0 Å². The first-order valence-electron chi connectivity index (χ1n) is 4.46. The van der Waals surface area contributed by atoms with Crippen molar-refractivity contribution in [3.63, 3.8) is 0 Å². The summed E-state index contributed by atoms with van der Waals surface area (Å²) >= 11 is 0. The zero-order valence-corrected chi connectivity index (χ0v) is 8.13. The minimum absolute atomic E-state index is 0.366. The standard InChI is InChI=1S/C10H14FN3/c1-13-5-3-2-4-10-9(12)6-8(11)7-14-10/h2,4,6-7,13H,3,5,12H2,1H3. The molecule has 0 spiro atoms. The molecule has 0 fully saturated rings. The number of hydrogen-bond acceptors (Lipinski definition) is 3. The Morgan fingerprint density at radius 3 is 3.07 bits per heavy atom. The van der Waals surface area contributed by atoms with Crippen LogP contribution in [0.3, 0.4) is 0 Å². The molecule has 1 aromatic rings. The number of nitrogens with one attached hydrogen (secondary N) is 1. The second-order valence-corrected chi connectivity index (χ2v) is 2.92. The summed E-state index contributed by atoms with van der Waals surface area (Å²) in [5.41, 5.74) is 6.55. The number of rotatable bonds is 4. The predicted molar refractivity (Wildman–Crippen MR) is 56.2 cm³/mol. The van der Waals surface area contributed by atoms with Gasteiger partial charge in [-0.1, -0.05) is 6.08 Å². The lowest BCUT2D eigenvalue weighted by molar-refractivity contribution is 0.622. The van der Waals surface area contributed by atoms with Gasteiger partial charge in [0.1, 0.15) is 5.82 Å². The highest BCUT2D eigenvalue weighted by Crippen LogP contribution is 2.11. The predicted octanol–water partition coefficient (Wildman–Crippen LogP) is 1.43. The van der Waals surface area contributed by atoms with Crippen LogP contribution < -0.4 is 11.1 Å². The molecule has 3 nitrogen and oxygen atoms in total. The average molecular weight is 195 g/mol. The van der Waals surface area contributed by atoms with E-state index in [1.165, 1.54) is 6.07 Å². The molecule has 1 aromatic heterocycles. The fourth-order valence-electron chi connectivity index (χ4n) is 1.03. The molecule has 1 heterocycles. The average Bonchev–Trinajstić information content (AvgIpc) is 2.15. The van der Waals surface area contributed by atoms with Crippen LogP contribution in [0, 0.1) is 5.82 Å². The van der Waals surface area contributed by atoms with Gasteiger partial charge in [-0.2, -0.15) is 0 Å². The summed E-state index contributed by atoms with van der Waals surface area (Å²) in [5, 5.41) is 3.01. The van der Waals surface area contributed by atoms with E-state index in [4.69, 9.17) is 5.73 Å². The number of nitrogens with two attached hydrogens (primary N) is 1. The van der Waals surface area contributed by atoms with Crippen LogP contribution in [0.2, 0.25) is 0 Å². The molecule has 0 aliphatic rings. The van der Waals surface area contributed by atoms with E-state index >= 15 is 0 Å². The Morgan fingerprint density at radius 2 is 2.43 bits per heavy atom. The number of anilines is 1. The molecule has 0 aliphatic carbocycles. The van der Waals surface area contributed by atoms with Crippen molar-refractivity contribution in [3.8, 4) is 0 Å². The summed E-state index contributed by atoms with van der Waals surface area (Å²) in [6.07, 6.45) is 5.81. The highest BCUT2D eigenvalue weighted by Gasteiger charge is 1.97.